The molecule has 2 nitrogen and oxygen atoms in total. The summed E-state index contributed by atoms with van der Waals surface area (Å²) in [5.74, 6) is 1.29. The first-order chi connectivity index (χ1) is 11.5. The van der Waals surface area contributed by atoms with Gasteiger partial charge in [0.15, 0.2) is 0 Å². The van der Waals surface area contributed by atoms with Crippen LogP contribution in [0.2, 0.25) is 0 Å². The fourth-order valence-corrected chi connectivity index (χ4v) is 3.67. The van der Waals surface area contributed by atoms with Gasteiger partial charge in [0.05, 0.1) is 7.11 Å². The molecule has 0 aliphatic heterocycles. The van der Waals surface area contributed by atoms with E-state index in [4.69, 9.17) is 4.74 Å². The predicted octanol–water partition coefficient (Wildman–Crippen LogP) is 5.84. The molecule has 0 aromatic heterocycles. The minimum atomic E-state index is 0.270. The number of allylic oxidation sites excluding steroid dienone is 4. The molecule has 24 heavy (non-hydrogen) atoms. The van der Waals surface area contributed by atoms with Crippen molar-refractivity contribution < 1.29 is 9.84 Å². The minimum absolute atomic E-state index is 0.270. The third-order valence-electron chi connectivity index (χ3n) is 5.38. The molecule has 1 aliphatic carbocycles. The average Bonchev–Trinajstić information content (AvgIpc) is 2.79. The van der Waals surface area contributed by atoms with Gasteiger partial charge in [0, 0.05) is 11.5 Å². The lowest BCUT2D eigenvalue weighted by Gasteiger charge is -2.20. The highest BCUT2D eigenvalue weighted by Gasteiger charge is 2.28. The van der Waals surface area contributed by atoms with E-state index in [1.165, 1.54) is 27.9 Å². The first-order valence-electron chi connectivity index (χ1n) is 8.27. The van der Waals surface area contributed by atoms with Crippen LogP contribution in [0.25, 0.3) is 11.1 Å². The fourth-order valence-electron chi connectivity index (χ4n) is 3.67. The number of phenolic OH excluding ortho intramolecular Hbond substituents is 1. The van der Waals surface area contributed by atoms with Crippen molar-refractivity contribution in [3.63, 3.8) is 0 Å². The third kappa shape index (κ3) is 2.52. The number of methoxy groups -OCH3 is 1. The third-order valence-corrected chi connectivity index (χ3v) is 5.38. The minimum Gasteiger partial charge on any atom is -0.507 e. The van der Waals surface area contributed by atoms with Crippen molar-refractivity contribution in [1.82, 2.24) is 0 Å². The number of hydrogen-bond donors (Lipinski definition) is 1. The van der Waals surface area contributed by atoms with Crippen LogP contribution in [-0.2, 0) is 0 Å². The first kappa shape index (κ1) is 16.4. The highest BCUT2D eigenvalue weighted by molar-refractivity contribution is 5.76. The van der Waals surface area contributed by atoms with E-state index in [0.29, 0.717) is 0 Å². The van der Waals surface area contributed by atoms with Crippen LogP contribution in [0.1, 0.15) is 39.2 Å². The van der Waals surface area contributed by atoms with E-state index in [2.05, 4.69) is 45.9 Å². The maximum absolute atomic E-state index is 10.4. The molecule has 1 N–H and O–H groups in total. The Morgan fingerprint density at radius 3 is 2.08 bits per heavy atom. The van der Waals surface area contributed by atoms with E-state index < -0.39 is 0 Å². The number of ether oxygens (including phenoxy) is 1. The maximum atomic E-state index is 10.4. The summed E-state index contributed by atoms with van der Waals surface area (Å²) >= 11 is 0. The second kappa shape index (κ2) is 6.20. The van der Waals surface area contributed by atoms with Crippen LogP contribution in [0.4, 0.5) is 0 Å². The second-order valence-corrected chi connectivity index (χ2v) is 6.52. The SMILES string of the molecule is COc1ccc(O)c(-c2ccccc2C2C(C)=C(C)C(C)=C2C)c1. The van der Waals surface area contributed by atoms with Gasteiger partial charge in [0.2, 0.25) is 0 Å². The lowest BCUT2D eigenvalue weighted by atomic mass is 9.84. The second-order valence-electron chi connectivity index (χ2n) is 6.52. The molecule has 2 aromatic carbocycles. The molecule has 1 aliphatic rings. The number of phenols is 1. The van der Waals surface area contributed by atoms with Crippen molar-refractivity contribution in [3.8, 4) is 22.6 Å². The molecule has 0 radical (unpaired) electrons. The summed E-state index contributed by atoms with van der Waals surface area (Å²) in [5.41, 5.74) is 8.63. The quantitative estimate of drug-likeness (QED) is 0.770. The molecule has 0 heterocycles. The van der Waals surface area contributed by atoms with E-state index in [1.54, 1.807) is 19.2 Å². The highest BCUT2D eigenvalue weighted by Crippen LogP contribution is 2.47. The zero-order valence-corrected chi connectivity index (χ0v) is 15.0. The molecule has 0 bridgehead atoms. The smallest absolute Gasteiger partial charge is 0.123 e. The summed E-state index contributed by atoms with van der Waals surface area (Å²) < 4.78 is 5.34. The largest absolute Gasteiger partial charge is 0.507 e. The van der Waals surface area contributed by atoms with Crippen LogP contribution in [0.3, 0.4) is 0 Å². The molecule has 0 saturated carbocycles. The number of rotatable bonds is 3. The van der Waals surface area contributed by atoms with Crippen LogP contribution in [0.5, 0.6) is 11.5 Å². The molecule has 0 saturated heterocycles. The molecule has 124 valence electrons. The lowest BCUT2D eigenvalue weighted by Crippen LogP contribution is -2.02. The molecule has 0 atom stereocenters. The van der Waals surface area contributed by atoms with Crippen LogP contribution >= 0.6 is 0 Å². The lowest BCUT2D eigenvalue weighted by molar-refractivity contribution is 0.412. The summed E-state index contributed by atoms with van der Waals surface area (Å²) in [6.45, 7) is 8.81. The van der Waals surface area contributed by atoms with Crippen molar-refractivity contribution in [2.24, 2.45) is 0 Å². The Morgan fingerprint density at radius 1 is 0.833 bits per heavy atom. The van der Waals surface area contributed by atoms with E-state index in [-0.39, 0.29) is 11.7 Å². The standard InChI is InChI=1S/C22H24O2/c1-13-14(2)16(4)22(15(13)3)19-9-7-6-8-18(19)20-12-17(24-5)10-11-21(20)23/h6-12,22-23H,1-5H3. The van der Waals surface area contributed by atoms with Crippen molar-refractivity contribution in [2.75, 3.05) is 7.11 Å². The molecule has 2 heteroatoms. The average molecular weight is 320 g/mol. The Balaban J connectivity index is 2.21. The number of hydrogen-bond acceptors (Lipinski definition) is 2. The Hall–Kier alpha value is -2.48. The van der Waals surface area contributed by atoms with Crippen molar-refractivity contribution >= 4 is 0 Å². The number of benzene rings is 2. The maximum Gasteiger partial charge on any atom is 0.123 e. The Labute approximate surface area is 144 Å². The van der Waals surface area contributed by atoms with Crippen molar-refractivity contribution in [2.45, 2.75) is 33.6 Å². The van der Waals surface area contributed by atoms with Crippen LogP contribution in [0.15, 0.2) is 64.8 Å². The summed E-state index contributed by atoms with van der Waals surface area (Å²) in [6, 6.07) is 13.7. The van der Waals surface area contributed by atoms with Gasteiger partial charge in [-0.3, -0.25) is 0 Å². The Kier molecular flexibility index (Phi) is 4.23. The summed E-state index contributed by atoms with van der Waals surface area (Å²) in [4.78, 5) is 0. The van der Waals surface area contributed by atoms with E-state index in [0.717, 1.165) is 16.9 Å². The predicted molar refractivity (Wildman–Crippen MR) is 99.6 cm³/mol. The van der Waals surface area contributed by atoms with Crippen LogP contribution in [0, 0.1) is 0 Å². The first-order valence-corrected chi connectivity index (χ1v) is 8.27. The topological polar surface area (TPSA) is 29.5 Å². The molecular weight excluding hydrogens is 296 g/mol. The molecule has 0 unspecified atom stereocenters. The normalized spacial score (nSPS) is 15.4. The fraction of sp³-hybridized carbons (Fsp3) is 0.273. The molecule has 3 rings (SSSR count). The van der Waals surface area contributed by atoms with Gasteiger partial charge in [0.25, 0.3) is 0 Å². The summed E-state index contributed by atoms with van der Waals surface area (Å²) in [6.07, 6.45) is 0. The molecule has 0 fully saturated rings. The van der Waals surface area contributed by atoms with Gasteiger partial charge in [-0.2, -0.15) is 0 Å². The highest BCUT2D eigenvalue weighted by atomic mass is 16.5. The van der Waals surface area contributed by atoms with Crippen molar-refractivity contribution in [3.05, 3.63) is 70.3 Å². The Morgan fingerprint density at radius 2 is 1.46 bits per heavy atom. The van der Waals surface area contributed by atoms with Crippen LogP contribution in [-0.4, -0.2) is 12.2 Å². The zero-order chi connectivity index (χ0) is 17.4. The monoisotopic (exact) mass is 320 g/mol. The van der Waals surface area contributed by atoms with E-state index in [1.807, 2.05) is 12.1 Å². The molecule has 2 aromatic rings. The van der Waals surface area contributed by atoms with Gasteiger partial charge in [-0.15, -0.1) is 0 Å². The van der Waals surface area contributed by atoms with Gasteiger partial charge >= 0.3 is 0 Å². The van der Waals surface area contributed by atoms with E-state index in [9.17, 15) is 5.11 Å². The molecular formula is C22H24O2. The van der Waals surface area contributed by atoms with Gasteiger partial charge < -0.3 is 9.84 Å². The molecule has 0 spiro atoms. The van der Waals surface area contributed by atoms with Crippen LogP contribution < -0.4 is 4.74 Å². The summed E-state index contributed by atoms with van der Waals surface area (Å²) in [7, 11) is 1.64. The van der Waals surface area contributed by atoms with E-state index >= 15 is 0 Å². The zero-order valence-electron chi connectivity index (χ0n) is 15.0. The van der Waals surface area contributed by atoms with Gasteiger partial charge in [-0.1, -0.05) is 35.4 Å². The van der Waals surface area contributed by atoms with Gasteiger partial charge in [-0.05, 0) is 68.2 Å². The van der Waals surface area contributed by atoms with Crippen molar-refractivity contribution in [1.29, 1.82) is 0 Å². The van der Waals surface area contributed by atoms with Gasteiger partial charge in [0.1, 0.15) is 11.5 Å². The van der Waals surface area contributed by atoms with Gasteiger partial charge in [-0.25, -0.2) is 0 Å². The molecule has 0 amide bonds. The summed E-state index contributed by atoms with van der Waals surface area (Å²) in [5, 5.41) is 10.4. The number of aromatic hydroxyl groups is 1. The Bertz CT molecular complexity index is 832.